The molecule has 2 fully saturated rings. The summed E-state index contributed by atoms with van der Waals surface area (Å²) in [6, 6.07) is -0.394. The van der Waals surface area contributed by atoms with Gasteiger partial charge in [0.25, 0.3) is 5.34 Å². The first-order chi connectivity index (χ1) is 18.6. The highest BCUT2D eigenvalue weighted by Gasteiger charge is 2.65. The number of aliphatic hydroxyl groups is 6. The Kier molecular flexibility index (Phi) is 9.70. The molecule has 2 saturated heterocycles. The maximum absolute atomic E-state index is 13.4. The van der Waals surface area contributed by atoms with E-state index in [1.54, 1.807) is 0 Å². The molecule has 11 atom stereocenters. The minimum Gasteiger partial charge on any atom is -0.479 e. The number of carboxylic acids is 1. The van der Waals surface area contributed by atoms with Gasteiger partial charge in [0, 0.05) is 19.5 Å². The lowest BCUT2D eigenvalue weighted by Crippen LogP contribution is -2.67. The van der Waals surface area contributed by atoms with Gasteiger partial charge in [-0.3, -0.25) is 13.9 Å². The predicted octanol–water partition coefficient (Wildman–Crippen LogP) is -5.20. The van der Waals surface area contributed by atoms with Crippen molar-refractivity contribution in [2.75, 3.05) is 18.9 Å². The maximum atomic E-state index is 13.4. The molecule has 226 valence electrons. The fourth-order valence-electron chi connectivity index (χ4n) is 4.43. The lowest BCUT2D eigenvalue weighted by atomic mass is 9.89. The average molecular weight is 598 g/mol. The first kappa shape index (κ1) is 32.0. The largest absolute Gasteiger partial charge is 0.479 e. The van der Waals surface area contributed by atoms with E-state index in [-0.39, 0.29) is 5.82 Å². The Morgan fingerprint density at radius 1 is 1.32 bits per heavy atom. The molecule has 19 nitrogen and oxygen atoms in total. The zero-order valence-corrected chi connectivity index (χ0v) is 21.7. The summed E-state index contributed by atoms with van der Waals surface area (Å²) in [4.78, 5) is 50.3. The highest BCUT2D eigenvalue weighted by Crippen LogP contribution is 2.61. The number of nitrogens with zero attached hydrogens (tertiary/aromatic N) is 2. The van der Waals surface area contributed by atoms with Crippen molar-refractivity contribution in [3.05, 3.63) is 22.7 Å². The van der Waals surface area contributed by atoms with E-state index in [1.807, 2.05) is 0 Å². The summed E-state index contributed by atoms with van der Waals surface area (Å²) in [6.45, 7) is -1.10. The van der Waals surface area contributed by atoms with Crippen LogP contribution in [0.15, 0.2) is 17.1 Å². The zero-order chi connectivity index (χ0) is 30.2. The van der Waals surface area contributed by atoms with Gasteiger partial charge >= 0.3 is 19.3 Å². The standard InChI is InChI=1S/C20H31N4O15P/c1-7(26)22-12-8(27)4-20(18(32)33,39-16(12)13(29)9(28)5-25)40(35,36)37-6-10-14(30)15(31)17(38-10)24-3-2-11(21)23-19(24)34/h2-3,8-10,12-17,25,27-31H,4-6H2,1H3,(H,22,26)(H,32,33)(H,35,36)(H2,21,23,34)/t8-,9?,10-,12-,13?,14?,15+,16?,17-,20?/m1/s1. The Labute approximate surface area is 224 Å². The molecule has 40 heavy (non-hydrogen) atoms. The third-order valence-electron chi connectivity index (χ3n) is 6.54. The van der Waals surface area contributed by atoms with Gasteiger partial charge in [0.05, 0.1) is 25.4 Å². The second-order valence-corrected chi connectivity index (χ2v) is 11.3. The molecule has 1 aromatic heterocycles. The van der Waals surface area contributed by atoms with Gasteiger partial charge in [-0.05, 0) is 6.07 Å². The molecule has 2 aliphatic heterocycles. The molecule has 0 saturated carbocycles. The van der Waals surface area contributed by atoms with Crippen LogP contribution in [0.5, 0.6) is 0 Å². The summed E-state index contributed by atoms with van der Waals surface area (Å²) in [7, 11) is -5.60. The molecule has 0 aliphatic carbocycles. The van der Waals surface area contributed by atoms with Crippen LogP contribution in [0.4, 0.5) is 5.82 Å². The van der Waals surface area contributed by atoms with Gasteiger partial charge in [-0.15, -0.1) is 0 Å². The van der Waals surface area contributed by atoms with E-state index in [2.05, 4.69) is 10.3 Å². The number of rotatable bonds is 10. The summed E-state index contributed by atoms with van der Waals surface area (Å²) < 4.78 is 29.8. The van der Waals surface area contributed by atoms with Crippen LogP contribution in [0, 0.1) is 0 Å². The van der Waals surface area contributed by atoms with E-state index in [0.717, 1.165) is 17.7 Å². The Hall–Kier alpha value is -2.55. The Morgan fingerprint density at radius 3 is 2.52 bits per heavy atom. The summed E-state index contributed by atoms with van der Waals surface area (Å²) in [5.74, 6) is -3.05. The van der Waals surface area contributed by atoms with Gasteiger partial charge in [0.15, 0.2) is 6.23 Å². The average Bonchev–Trinajstić information content (AvgIpc) is 3.15. The minimum absolute atomic E-state index is 0.139. The van der Waals surface area contributed by atoms with Crippen molar-refractivity contribution in [3.63, 3.8) is 0 Å². The highest BCUT2D eigenvalue weighted by molar-refractivity contribution is 7.55. The fourth-order valence-corrected chi connectivity index (χ4v) is 5.91. The predicted molar refractivity (Wildman–Crippen MR) is 127 cm³/mol. The molecule has 0 aromatic carbocycles. The van der Waals surface area contributed by atoms with Crippen molar-refractivity contribution < 1.29 is 68.8 Å². The molecule has 3 heterocycles. The second-order valence-electron chi connectivity index (χ2n) is 9.32. The summed E-state index contributed by atoms with van der Waals surface area (Å²) in [5.41, 5.74) is 4.46. The maximum Gasteiger partial charge on any atom is 0.371 e. The Morgan fingerprint density at radius 2 is 1.98 bits per heavy atom. The quantitative estimate of drug-likeness (QED) is 0.112. The first-order valence-electron chi connectivity index (χ1n) is 11.7. The minimum atomic E-state index is -5.60. The first-order valence-corrected chi connectivity index (χ1v) is 13.3. The van der Waals surface area contributed by atoms with Crippen molar-refractivity contribution in [1.82, 2.24) is 14.9 Å². The van der Waals surface area contributed by atoms with Gasteiger partial charge in [-0.2, -0.15) is 4.98 Å². The van der Waals surface area contributed by atoms with Gasteiger partial charge < -0.3 is 65.7 Å². The van der Waals surface area contributed by atoms with Crippen molar-refractivity contribution >= 4 is 25.3 Å². The number of carboxylic acid groups (broad SMARTS) is 1. The monoisotopic (exact) mass is 598 g/mol. The zero-order valence-electron chi connectivity index (χ0n) is 20.8. The van der Waals surface area contributed by atoms with Gasteiger partial charge in [0.1, 0.15) is 42.4 Å². The molecule has 2 aliphatic rings. The molecule has 3 rings (SSSR count). The molecule has 0 spiro atoms. The number of hydrogen-bond donors (Lipinski definition) is 10. The second kappa shape index (κ2) is 12.1. The van der Waals surface area contributed by atoms with Crippen LogP contribution in [0.2, 0.25) is 0 Å². The number of hydrogen-bond acceptors (Lipinski definition) is 15. The molecule has 11 N–H and O–H groups in total. The summed E-state index contributed by atoms with van der Waals surface area (Å²) in [5, 5.41) is 69.8. The molecular weight excluding hydrogens is 567 g/mol. The molecule has 0 radical (unpaired) electrons. The Balaban J connectivity index is 1.87. The molecule has 1 amide bonds. The lowest BCUT2D eigenvalue weighted by molar-refractivity contribution is -0.212. The van der Waals surface area contributed by atoms with E-state index in [0.29, 0.717) is 0 Å². The van der Waals surface area contributed by atoms with Crippen LogP contribution in [-0.4, -0.2) is 129 Å². The number of amides is 1. The number of aromatic nitrogens is 2. The van der Waals surface area contributed by atoms with Crippen LogP contribution in [-0.2, 0) is 28.2 Å². The van der Waals surface area contributed by atoms with Crippen LogP contribution in [0.3, 0.4) is 0 Å². The van der Waals surface area contributed by atoms with Crippen LogP contribution >= 0.6 is 7.60 Å². The van der Waals surface area contributed by atoms with Gasteiger partial charge in [0.2, 0.25) is 5.91 Å². The third kappa shape index (κ3) is 6.04. The number of nitrogens with one attached hydrogen (secondary N) is 1. The highest BCUT2D eigenvalue weighted by atomic mass is 31.2. The van der Waals surface area contributed by atoms with Crippen molar-refractivity contribution in [3.8, 4) is 0 Å². The molecular formula is C20H31N4O15P. The van der Waals surface area contributed by atoms with Gasteiger partial charge in [-0.25, -0.2) is 9.59 Å². The normalized spacial score (nSPS) is 35.5. The van der Waals surface area contributed by atoms with Crippen LogP contribution in [0.1, 0.15) is 19.6 Å². The van der Waals surface area contributed by atoms with E-state index >= 15 is 0 Å². The summed E-state index contributed by atoms with van der Waals surface area (Å²) >= 11 is 0. The van der Waals surface area contributed by atoms with Crippen molar-refractivity contribution in [2.45, 2.75) is 73.7 Å². The van der Waals surface area contributed by atoms with Crippen LogP contribution in [0.25, 0.3) is 0 Å². The SMILES string of the molecule is CC(=O)N[C@H]1C(C(O)C(O)CO)OC(C(=O)O)(P(=O)(O)OC[C@H]2O[C@@H](n3ccc(N)nc3=O)[C@@H](O)C2O)C[C@H]1O. The summed E-state index contributed by atoms with van der Waals surface area (Å²) in [6.07, 6.45) is -14.9. The van der Waals surface area contributed by atoms with E-state index in [4.69, 9.17) is 19.7 Å². The van der Waals surface area contributed by atoms with Crippen molar-refractivity contribution in [2.24, 2.45) is 0 Å². The molecule has 6 unspecified atom stereocenters. The number of carbonyl (C=O) groups excluding carboxylic acids is 1. The van der Waals surface area contributed by atoms with E-state index < -0.39 is 105 Å². The number of aliphatic carboxylic acids is 1. The topological polar surface area (TPSA) is 314 Å². The fraction of sp³-hybridized carbons (Fsp3) is 0.700. The number of anilines is 1. The number of carbonyl (C=O) groups is 2. The van der Waals surface area contributed by atoms with Crippen LogP contribution < -0.4 is 16.7 Å². The molecule has 0 bridgehead atoms. The number of aliphatic hydroxyl groups excluding tert-OH is 6. The van der Waals surface area contributed by atoms with E-state index in [9.17, 15) is 59.6 Å². The molecule has 1 aromatic rings. The smallest absolute Gasteiger partial charge is 0.371 e. The number of nitrogens with two attached hydrogens (primary N) is 1. The molecule has 20 heteroatoms. The van der Waals surface area contributed by atoms with Crippen molar-refractivity contribution in [1.29, 1.82) is 0 Å². The number of nitrogen functional groups attached to an aromatic ring is 1. The van der Waals surface area contributed by atoms with Gasteiger partial charge in [-0.1, -0.05) is 0 Å². The Bertz CT molecular complexity index is 1200. The third-order valence-corrected chi connectivity index (χ3v) is 8.43. The lowest BCUT2D eigenvalue weighted by Gasteiger charge is -2.47. The van der Waals surface area contributed by atoms with E-state index in [1.165, 1.54) is 6.07 Å². The number of ether oxygens (including phenoxy) is 2.